The SMILES string of the molecule is C=C1CCC2C[C@H]1[C@@H](Cc1cc(OC)c(OC)c(OC)c1)NC2(C)C. The fraction of sp³-hybridized carbons (Fsp3) is 0.619. The van der Waals surface area contributed by atoms with E-state index in [2.05, 4.69) is 37.9 Å². The molecule has 1 aliphatic heterocycles. The summed E-state index contributed by atoms with van der Waals surface area (Å²) < 4.78 is 16.5. The molecule has 25 heavy (non-hydrogen) atoms. The van der Waals surface area contributed by atoms with Crippen molar-refractivity contribution in [3.63, 3.8) is 0 Å². The molecule has 1 heterocycles. The first-order valence-corrected chi connectivity index (χ1v) is 9.13. The van der Waals surface area contributed by atoms with Gasteiger partial charge in [-0.2, -0.15) is 0 Å². The van der Waals surface area contributed by atoms with Gasteiger partial charge in [-0.05, 0) is 69.1 Å². The molecule has 2 aliphatic rings. The monoisotopic (exact) mass is 345 g/mol. The van der Waals surface area contributed by atoms with Gasteiger partial charge in [-0.15, -0.1) is 0 Å². The fourth-order valence-corrected chi connectivity index (χ4v) is 4.64. The molecule has 1 unspecified atom stereocenters. The van der Waals surface area contributed by atoms with Crippen molar-refractivity contribution in [1.82, 2.24) is 5.32 Å². The Morgan fingerprint density at radius 2 is 1.76 bits per heavy atom. The van der Waals surface area contributed by atoms with E-state index in [9.17, 15) is 0 Å². The molecule has 0 aromatic heterocycles. The highest BCUT2D eigenvalue weighted by Crippen LogP contribution is 2.45. The first kappa shape index (κ1) is 18.1. The van der Waals surface area contributed by atoms with Crippen molar-refractivity contribution >= 4 is 0 Å². The number of ether oxygens (including phenoxy) is 3. The standard InChI is InChI=1S/C21H31NO3/c1-13-7-8-15-12-16(13)17(22-21(15,2)3)9-14-10-18(23-4)20(25-6)19(11-14)24-5/h10-11,15-17,22H,1,7-9,12H2,2-6H3/t15?,16-,17-/m1/s1. The minimum Gasteiger partial charge on any atom is -0.493 e. The molecule has 0 amide bonds. The molecule has 3 atom stereocenters. The normalized spacial score (nSPS) is 27.7. The van der Waals surface area contributed by atoms with E-state index >= 15 is 0 Å². The third-order valence-electron chi connectivity index (χ3n) is 6.12. The molecular weight excluding hydrogens is 314 g/mol. The molecule has 2 bridgehead atoms. The largest absolute Gasteiger partial charge is 0.493 e. The van der Waals surface area contributed by atoms with Gasteiger partial charge in [0, 0.05) is 11.6 Å². The summed E-state index contributed by atoms with van der Waals surface area (Å²) in [7, 11) is 4.96. The van der Waals surface area contributed by atoms with Crippen molar-refractivity contribution in [1.29, 1.82) is 0 Å². The fourth-order valence-electron chi connectivity index (χ4n) is 4.64. The van der Waals surface area contributed by atoms with Crippen LogP contribution in [0, 0.1) is 11.8 Å². The molecule has 1 saturated heterocycles. The summed E-state index contributed by atoms with van der Waals surface area (Å²) in [5, 5.41) is 3.90. The number of rotatable bonds is 5. The first-order valence-electron chi connectivity index (χ1n) is 9.13. The highest BCUT2D eigenvalue weighted by atomic mass is 16.5. The van der Waals surface area contributed by atoms with Crippen LogP contribution in [-0.4, -0.2) is 32.9 Å². The zero-order chi connectivity index (χ0) is 18.2. The Kier molecular flexibility index (Phi) is 5.01. The Morgan fingerprint density at radius 1 is 1.12 bits per heavy atom. The molecule has 3 rings (SSSR count). The maximum atomic E-state index is 5.51. The lowest BCUT2D eigenvalue weighted by Gasteiger charge is -2.52. The minimum atomic E-state index is 0.169. The molecule has 4 heteroatoms. The molecule has 2 fully saturated rings. The summed E-state index contributed by atoms with van der Waals surface area (Å²) in [5.74, 6) is 3.36. The smallest absolute Gasteiger partial charge is 0.203 e. The summed E-state index contributed by atoms with van der Waals surface area (Å²) in [4.78, 5) is 0. The van der Waals surface area contributed by atoms with Gasteiger partial charge in [-0.3, -0.25) is 0 Å². The second kappa shape index (κ2) is 6.91. The van der Waals surface area contributed by atoms with Crippen molar-refractivity contribution in [2.75, 3.05) is 21.3 Å². The van der Waals surface area contributed by atoms with Crippen LogP contribution in [0.5, 0.6) is 17.2 Å². The van der Waals surface area contributed by atoms with Crippen LogP contribution in [0.4, 0.5) is 0 Å². The molecule has 138 valence electrons. The van der Waals surface area contributed by atoms with Crippen molar-refractivity contribution in [3.05, 3.63) is 29.8 Å². The summed E-state index contributed by atoms with van der Waals surface area (Å²) in [6.45, 7) is 9.03. The van der Waals surface area contributed by atoms with E-state index in [1.165, 1.54) is 24.0 Å². The van der Waals surface area contributed by atoms with Gasteiger partial charge in [0.25, 0.3) is 0 Å². The molecule has 1 aliphatic carbocycles. The second-order valence-electron chi connectivity index (χ2n) is 7.95. The third kappa shape index (κ3) is 3.37. The molecule has 1 aromatic carbocycles. The number of fused-ring (bicyclic) bond motifs is 2. The van der Waals surface area contributed by atoms with E-state index in [1.807, 2.05) is 0 Å². The molecule has 0 radical (unpaired) electrons. The maximum absolute atomic E-state index is 5.51. The van der Waals surface area contributed by atoms with Crippen LogP contribution in [0.25, 0.3) is 0 Å². The van der Waals surface area contributed by atoms with Crippen LogP contribution in [0.2, 0.25) is 0 Å². The molecule has 4 nitrogen and oxygen atoms in total. The average molecular weight is 345 g/mol. The Labute approximate surface area is 151 Å². The summed E-state index contributed by atoms with van der Waals surface area (Å²) in [6, 6.07) is 4.52. The number of hydrogen-bond acceptors (Lipinski definition) is 4. The third-order valence-corrected chi connectivity index (χ3v) is 6.12. The topological polar surface area (TPSA) is 39.7 Å². The van der Waals surface area contributed by atoms with E-state index in [1.54, 1.807) is 21.3 Å². The van der Waals surface area contributed by atoms with Gasteiger partial charge in [0.15, 0.2) is 11.5 Å². The zero-order valence-electron chi connectivity index (χ0n) is 16.1. The van der Waals surface area contributed by atoms with Crippen LogP contribution >= 0.6 is 0 Å². The predicted molar refractivity (Wildman–Crippen MR) is 101 cm³/mol. The molecule has 0 spiro atoms. The van der Waals surface area contributed by atoms with Gasteiger partial charge in [-0.1, -0.05) is 12.2 Å². The molecule has 1 aromatic rings. The lowest BCUT2D eigenvalue weighted by molar-refractivity contribution is 0.0893. The molecule has 1 N–H and O–H groups in total. The number of hydrogen-bond donors (Lipinski definition) is 1. The van der Waals surface area contributed by atoms with Crippen LogP contribution in [0.15, 0.2) is 24.3 Å². The second-order valence-corrected chi connectivity index (χ2v) is 7.95. The van der Waals surface area contributed by atoms with Crippen LogP contribution < -0.4 is 19.5 Å². The Balaban J connectivity index is 1.89. The highest BCUT2D eigenvalue weighted by molar-refractivity contribution is 5.54. The van der Waals surface area contributed by atoms with Gasteiger partial charge in [0.1, 0.15) is 0 Å². The highest BCUT2D eigenvalue weighted by Gasteiger charge is 2.44. The van der Waals surface area contributed by atoms with E-state index in [4.69, 9.17) is 14.2 Å². The molecule has 1 saturated carbocycles. The Bertz CT molecular complexity index is 628. The van der Waals surface area contributed by atoms with E-state index < -0.39 is 0 Å². The van der Waals surface area contributed by atoms with Crippen LogP contribution in [-0.2, 0) is 6.42 Å². The Morgan fingerprint density at radius 3 is 2.32 bits per heavy atom. The van der Waals surface area contributed by atoms with Crippen LogP contribution in [0.3, 0.4) is 0 Å². The predicted octanol–water partition coefficient (Wildman–Crippen LogP) is 3.98. The number of piperidine rings is 1. The van der Waals surface area contributed by atoms with Gasteiger partial charge in [-0.25, -0.2) is 0 Å². The van der Waals surface area contributed by atoms with Gasteiger partial charge >= 0.3 is 0 Å². The van der Waals surface area contributed by atoms with Gasteiger partial charge in [0.2, 0.25) is 5.75 Å². The van der Waals surface area contributed by atoms with E-state index in [-0.39, 0.29) is 5.54 Å². The summed E-state index contributed by atoms with van der Waals surface area (Å²) in [5.41, 5.74) is 2.76. The van der Waals surface area contributed by atoms with Crippen molar-refractivity contribution in [2.24, 2.45) is 11.8 Å². The zero-order valence-corrected chi connectivity index (χ0v) is 16.1. The lowest BCUT2D eigenvalue weighted by Crippen LogP contribution is -2.60. The molecular formula is C21H31NO3. The lowest BCUT2D eigenvalue weighted by atomic mass is 9.64. The number of nitrogens with one attached hydrogen (secondary N) is 1. The maximum Gasteiger partial charge on any atom is 0.203 e. The minimum absolute atomic E-state index is 0.169. The first-order chi connectivity index (χ1) is 11.9. The van der Waals surface area contributed by atoms with Gasteiger partial charge in [0.05, 0.1) is 21.3 Å². The summed E-state index contributed by atoms with van der Waals surface area (Å²) >= 11 is 0. The van der Waals surface area contributed by atoms with E-state index in [0.29, 0.717) is 29.2 Å². The number of benzene rings is 1. The van der Waals surface area contributed by atoms with Crippen molar-refractivity contribution < 1.29 is 14.2 Å². The number of methoxy groups -OCH3 is 3. The van der Waals surface area contributed by atoms with E-state index in [0.717, 1.165) is 18.8 Å². The Hall–Kier alpha value is -1.68. The van der Waals surface area contributed by atoms with Gasteiger partial charge < -0.3 is 19.5 Å². The van der Waals surface area contributed by atoms with Crippen molar-refractivity contribution in [3.8, 4) is 17.2 Å². The van der Waals surface area contributed by atoms with Crippen molar-refractivity contribution in [2.45, 2.75) is 51.1 Å². The average Bonchev–Trinajstić information content (AvgIpc) is 2.59. The quantitative estimate of drug-likeness (QED) is 0.820. The summed E-state index contributed by atoms with van der Waals surface area (Å²) in [6.07, 6.45) is 4.59. The van der Waals surface area contributed by atoms with Crippen LogP contribution in [0.1, 0.15) is 38.7 Å².